The quantitative estimate of drug-likeness (QED) is 0.653. The van der Waals surface area contributed by atoms with Gasteiger partial charge in [-0.05, 0) is 36.8 Å². The van der Waals surface area contributed by atoms with Gasteiger partial charge in [-0.1, -0.05) is 22.0 Å². The number of rotatable bonds is 4. The minimum Gasteiger partial charge on any atom is -0.450 e. The van der Waals surface area contributed by atoms with E-state index in [0.29, 0.717) is 15.8 Å². The predicted molar refractivity (Wildman–Crippen MR) is 77.9 cm³/mol. The Labute approximate surface area is 128 Å². The lowest BCUT2D eigenvalue weighted by molar-refractivity contribution is -0.385. The molecule has 0 spiro atoms. The normalized spacial score (nSPS) is 12.0. The fourth-order valence-corrected chi connectivity index (χ4v) is 2.45. The predicted octanol–water partition coefficient (Wildman–Crippen LogP) is 4.34. The average molecular weight is 356 g/mol. The Morgan fingerprint density at radius 2 is 2.05 bits per heavy atom. The van der Waals surface area contributed by atoms with Gasteiger partial charge >= 0.3 is 5.69 Å². The first-order chi connectivity index (χ1) is 9.88. The molecule has 0 heterocycles. The van der Waals surface area contributed by atoms with Gasteiger partial charge in [-0.3, -0.25) is 10.1 Å². The maximum Gasteiger partial charge on any atom is 0.314 e. The van der Waals surface area contributed by atoms with E-state index in [4.69, 9.17) is 4.74 Å². The van der Waals surface area contributed by atoms with Crippen LogP contribution in [0.2, 0.25) is 0 Å². The number of benzene rings is 2. The van der Waals surface area contributed by atoms with Crippen LogP contribution in [0.5, 0.6) is 11.5 Å². The number of hydrogen-bond acceptors (Lipinski definition) is 4. The molecular weight excluding hydrogens is 345 g/mol. The molecule has 1 atom stereocenters. The van der Waals surface area contributed by atoms with Crippen molar-refractivity contribution in [3.8, 4) is 11.5 Å². The summed E-state index contributed by atoms with van der Waals surface area (Å²) in [7, 11) is 0. The van der Waals surface area contributed by atoms with Crippen LogP contribution in [0.4, 0.5) is 10.1 Å². The highest BCUT2D eigenvalue weighted by molar-refractivity contribution is 9.10. The first kappa shape index (κ1) is 15.4. The van der Waals surface area contributed by atoms with Crippen molar-refractivity contribution in [2.45, 2.75) is 13.0 Å². The van der Waals surface area contributed by atoms with Crippen molar-refractivity contribution in [3.05, 3.63) is 62.4 Å². The van der Waals surface area contributed by atoms with Crippen LogP contribution in [0, 0.1) is 15.9 Å². The van der Waals surface area contributed by atoms with E-state index in [0.717, 1.165) is 12.1 Å². The Hall–Kier alpha value is -1.99. The van der Waals surface area contributed by atoms with Crippen LogP contribution in [0.25, 0.3) is 0 Å². The van der Waals surface area contributed by atoms with E-state index in [1.54, 1.807) is 25.1 Å². The van der Waals surface area contributed by atoms with E-state index in [2.05, 4.69) is 15.9 Å². The Balaban J connectivity index is 2.35. The lowest BCUT2D eigenvalue weighted by Gasteiger charge is -2.11. The van der Waals surface area contributed by atoms with Gasteiger partial charge in [0.2, 0.25) is 5.75 Å². The van der Waals surface area contributed by atoms with Crippen LogP contribution >= 0.6 is 15.9 Å². The highest BCUT2D eigenvalue weighted by Gasteiger charge is 2.17. The van der Waals surface area contributed by atoms with Gasteiger partial charge in [-0.25, -0.2) is 4.39 Å². The molecule has 0 bridgehead atoms. The van der Waals surface area contributed by atoms with Crippen molar-refractivity contribution >= 4 is 21.6 Å². The van der Waals surface area contributed by atoms with Crippen molar-refractivity contribution in [3.63, 3.8) is 0 Å². The van der Waals surface area contributed by atoms with Gasteiger partial charge < -0.3 is 9.84 Å². The zero-order chi connectivity index (χ0) is 15.6. The van der Waals surface area contributed by atoms with Crippen LogP contribution in [0.1, 0.15) is 18.6 Å². The third kappa shape index (κ3) is 3.56. The monoisotopic (exact) mass is 355 g/mol. The van der Waals surface area contributed by atoms with Gasteiger partial charge in [-0.2, -0.15) is 0 Å². The van der Waals surface area contributed by atoms with Crippen LogP contribution in [-0.4, -0.2) is 10.0 Å². The third-order valence-corrected chi connectivity index (χ3v) is 3.45. The van der Waals surface area contributed by atoms with Gasteiger partial charge in [-0.15, -0.1) is 0 Å². The standard InChI is InChI=1S/C14H11BrFNO4/c1-8(18)11-4-3-10(7-12(11)15)21-14-5-2-9(16)6-13(14)17(19)20/h2-8,18H,1H3/t8-/m0/s1. The summed E-state index contributed by atoms with van der Waals surface area (Å²) in [6, 6.07) is 7.87. The number of nitro benzene ring substituents is 1. The minimum atomic E-state index is -0.711. The molecule has 0 aliphatic carbocycles. The van der Waals surface area contributed by atoms with Gasteiger partial charge in [0, 0.05) is 4.47 Å². The number of ether oxygens (including phenoxy) is 1. The highest BCUT2D eigenvalue weighted by Crippen LogP contribution is 2.34. The molecule has 0 saturated carbocycles. The Kier molecular flexibility index (Phi) is 4.54. The molecule has 2 aromatic carbocycles. The Bertz CT molecular complexity index is 691. The number of aliphatic hydroxyl groups is 1. The third-order valence-electron chi connectivity index (χ3n) is 2.77. The summed E-state index contributed by atoms with van der Waals surface area (Å²) in [5.74, 6) is -0.432. The van der Waals surface area contributed by atoms with Gasteiger partial charge in [0.25, 0.3) is 0 Å². The SMILES string of the molecule is C[C@H](O)c1ccc(Oc2ccc(F)cc2[N+](=O)[O-])cc1Br. The maximum absolute atomic E-state index is 13.1. The summed E-state index contributed by atoms with van der Waals surface area (Å²) < 4.78 is 19.1. The summed E-state index contributed by atoms with van der Waals surface area (Å²) in [4.78, 5) is 10.2. The molecule has 7 heteroatoms. The van der Waals surface area contributed by atoms with Gasteiger partial charge in [0.1, 0.15) is 11.6 Å². The average Bonchev–Trinajstić information content (AvgIpc) is 2.40. The molecule has 0 aliphatic rings. The fourth-order valence-electron chi connectivity index (χ4n) is 1.76. The van der Waals surface area contributed by atoms with Crippen LogP contribution < -0.4 is 4.74 Å². The second-order valence-electron chi connectivity index (χ2n) is 4.33. The molecule has 5 nitrogen and oxygen atoms in total. The van der Waals surface area contributed by atoms with E-state index in [1.807, 2.05) is 0 Å². The summed E-state index contributed by atoms with van der Waals surface area (Å²) in [5.41, 5.74) is 0.210. The number of nitrogens with zero attached hydrogens (tertiary/aromatic N) is 1. The summed E-state index contributed by atoms with van der Waals surface area (Å²) in [5, 5.41) is 20.4. The Morgan fingerprint density at radius 1 is 1.33 bits per heavy atom. The lowest BCUT2D eigenvalue weighted by atomic mass is 10.1. The van der Waals surface area contributed by atoms with E-state index in [9.17, 15) is 19.6 Å². The van der Waals surface area contributed by atoms with Crippen LogP contribution in [-0.2, 0) is 0 Å². The molecule has 1 N–H and O–H groups in total. The van der Waals surface area contributed by atoms with E-state index in [1.165, 1.54) is 6.07 Å². The largest absolute Gasteiger partial charge is 0.450 e. The van der Waals surface area contributed by atoms with Gasteiger partial charge in [0.05, 0.1) is 17.1 Å². The molecule has 2 rings (SSSR count). The molecule has 0 amide bonds. The minimum absolute atomic E-state index is 0.0573. The fraction of sp³-hybridized carbons (Fsp3) is 0.143. The summed E-state index contributed by atoms with van der Waals surface area (Å²) >= 11 is 3.29. The smallest absolute Gasteiger partial charge is 0.314 e. The van der Waals surface area contributed by atoms with Crippen LogP contribution in [0.3, 0.4) is 0 Å². The topological polar surface area (TPSA) is 72.6 Å². The van der Waals surface area contributed by atoms with Crippen LogP contribution in [0.15, 0.2) is 40.9 Å². The molecule has 0 unspecified atom stereocenters. The summed E-state index contributed by atoms with van der Waals surface area (Å²) in [6.07, 6.45) is -0.659. The molecule has 2 aromatic rings. The maximum atomic E-state index is 13.1. The van der Waals surface area contributed by atoms with Crippen molar-refractivity contribution in [2.24, 2.45) is 0 Å². The highest BCUT2D eigenvalue weighted by atomic mass is 79.9. The molecule has 21 heavy (non-hydrogen) atoms. The van der Waals surface area contributed by atoms with E-state index >= 15 is 0 Å². The molecule has 110 valence electrons. The van der Waals surface area contributed by atoms with Gasteiger partial charge in [0.15, 0.2) is 0 Å². The Morgan fingerprint density at radius 3 is 2.62 bits per heavy atom. The molecular formula is C14H11BrFNO4. The molecule has 0 aromatic heterocycles. The first-order valence-corrected chi connectivity index (χ1v) is 6.77. The number of nitro groups is 1. The van der Waals surface area contributed by atoms with Crippen molar-refractivity contribution in [1.29, 1.82) is 0 Å². The number of hydrogen-bond donors (Lipinski definition) is 1. The van der Waals surface area contributed by atoms with Crippen molar-refractivity contribution in [2.75, 3.05) is 0 Å². The molecule has 0 aliphatic heterocycles. The lowest BCUT2D eigenvalue weighted by Crippen LogP contribution is -1.96. The second kappa shape index (κ2) is 6.19. The second-order valence-corrected chi connectivity index (χ2v) is 5.18. The number of halogens is 2. The number of aliphatic hydroxyl groups excluding tert-OH is 1. The zero-order valence-corrected chi connectivity index (χ0v) is 12.5. The zero-order valence-electron chi connectivity index (χ0n) is 10.9. The summed E-state index contributed by atoms with van der Waals surface area (Å²) in [6.45, 7) is 1.62. The van der Waals surface area contributed by atoms with E-state index < -0.39 is 22.5 Å². The first-order valence-electron chi connectivity index (χ1n) is 5.98. The van der Waals surface area contributed by atoms with Crippen molar-refractivity contribution < 1.29 is 19.2 Å². The van der Waals surface area contributed by atoms with E-state index in [-0.39, 0.29) is 5.75 Å². The molecule has 0 radical (unpaired) electrons. The molecule has 0 saturated heterocycles. The van der Waals surface area contributed by atoms with Crippen molar-refractivity contribution in [1.82, 2.24) is 0 Å². The molecule has 0 fully saturated rings.